The number of carbonyl (C=O) groups is 2. The Kier molecular flexibility index (Phi) is 5.72. The number of sulfone groups is 1. The largest absolute Gasteiger partial charge is 0.381 e. The van der Waals surface area contributed by atoms with Crippen molar-refractivity contribution in [2.45, 2.75) is 56.8 Å². The molecule has 1 saturated heterocycles. The van der Waals surface area contributed by atoms with Gasteiger partial charge in [-0.25, -0.2) is 18.4 Å². The van der Waals surface area contributed by atoms with Crippen molar-refractivity contribution in [3.63, 3.8) is 0 Å². The first-order valence-electron chi connectivity index (χ1n) is 12.9. The number of nitrogens with one attached hydrogen (secondary N) is 1. The summed E-state index contributed by atoms with van der Waals surface area (Å²) >= 11 is 0. The SMILES string of the molecule is CC(NC(=O)c1cn2c(-c3cc4c(c(S(C)(=O)=O)c3)C(=O)N([C@@H](C)C3CC3)C4)cnc2c(N)n1)N1CCC1. The maximum absolute atomic E-state index is 13.3. The van der Waals surface area contributed by atoms with E-state index < -0.39 is 9.84 Å². The Labute approximate surface area is 220 Å². The fraction of sp³-hybridized carbons (Fsp3) is 0.462. The highest BCUT2D eigenvalue weighted by molar-refractivity contribution is 7.90. The van der Waals surface area contributed by atoms with Crippen molar-refractivity contribution in [2.24, 2.45) is 5.92 Å². The fourth-order valence-corrected chi connectivity index (χ4v) is 6.39. The predicted octanol–water partition coefficient (Wildman–Crippen LogP) is 1.92. The molecule has 0 radical (unpaired) electrons. The van der Waals surface area contributed by atoms with Gasteiger partial charge in [-0.1, -0.05) is 0 Å². The lowest BCUT2D eigenvalue weighted by molar-refractivity contribution is 0.0693. The fourth-order valence-electron chi connectivity index (χ4n) is 5.46. The van der Waals surface area contributed by atoms with E-state index >= 15 is 0 Å². The summed E-state index contributed by atoms with van der Waals surface area (Å²) in [7, 11) is -3.71. The minimum Gasteiger partial charge on any atom is -0.381 e. The van der Waals surface area contributed by atoms with E-state index in [9.17, 15) is 18.0 Å². The van der Waals surface area contributed by atoms with Gasteiger partial charge in [0.05, 0.1) is 28.5 Å². The molecule has 4 heterocycles. The average molecular weight is 538 g/mol. The number of nitrogens with zero attached hydrogens (tertiary/aromatic N) is 5. The van der Waals surface area contributed by atoms with E-state index in [1.807, 2.05) is 19.9 Å². The van der Waals surface area contributed by atoms with Crippen molar-refractivity contribution >= 4 is 33.1 Å². The van der Waals surface area contributed by atoms with Crippen LogP contribution >= 0.6 is 0 Å². The van der Waals surface area contributed by atoms with Crippen LogP contribution in [0.4, 0.5) is 5.82 Å². The van der Waals surface area contributed by atoms with E-state index in [4.69, 9.17) is 5.73 Å². The Hall–Kier alpha value is -3.51. The number of nitrogen functional groups attached to an aromatic ring is 1. The second kappa shape index (κ2) is 8.77. The summed E-state index contributed by atoms with van der Waals surface area (Å²) < 4.78 is 27.4. The van der Waals surface area contributed by atoms with Crippen molar-refractivity contribution in [3.8, 4) is 11.3 Å². The van der Waals surface area contributed by atoms with Gasteiger partial charge in [0.25, 0.3) is 11.8 Å². The molecule has 3 aromatic rings. The third-order valence-electron chi connectivity index (χ3n) is 8.02. The summed E-state index contributed by atoms with van der Waals surface area (Å²) in [5.41, 5.74) is 8.69. The number of benzene rings is 1. The molecule has 6 rings (SSSR count). The lowest BCUT2D eigenvalue weighted by Gasteiger charge is -2.36. The van der Waals surface area contributed by atoms with Gasteiger partial charge in [-0.3, -0.25) is 18.9 Å². The van der Waals surface area contributed by atoms with Crippen LogP contribution in [0, 0.1) is 5.92 Å². The molecule has 1 aliphatic carbocycles. The second-order valence-corrected chi connectivity index (χ2v) is 12.7. The number of likely N-dealkylation sites (tertiary alicyclic amines) is 1. The molecule has 200 valence electrons. The van der Waals surface area contributed by atoms with E-state index in [0.29, 0.717) is 34.9 Å². The highest BCUT2D eigenvalue weighted by Crippen LogP contribution is 2.41. The molecule has 11 nitrogen and oxygen atoms in total. The lowest BCUT2D eigenvalue weighted by Crippen LogP contribution is -2.52. The molecule has 38 heavy (non-hydrogen) atoms. The number of imidazole rings is 1. The summed E-state index contributed by atoms with van der Waals surface area (Å²) in [5, 5.41) is 2.95. The molecule has 2 fully saturated rings. The molecule has 3 N–H and O–H groups in total. The van der Waals surface area contributed by atoms with Crippen LogP contribution in [-0.4, -0.2) is 76.0 Å². The third kappa shape index (κ3) is 4.11. The Morgan fingerprint density at radius 1 is 1.21 bits per heavy atom. The number of hydrogen-bond acceptors (Lipinski definition) is 8. The van der Waals surface area contributed by atoms with Gasteiger partial charge in [0.2, 0.25) is 0 Å². The molecule has 2 aromatic heterocycles. The van der Waals surface area contributed by atoms with Crippen molar-refractivity contribution in [2.75, 3.05) is 25.1 Å². The van der Waals surface area contributed by atoms with Crippen LogP contribution in [0.15, 0.2) is 29.4 Å². The highest BCUT2D eigenvalue weighted by Gasteiger charge is 2.41. The standard InChI is InChI=1S/C26H31N7O4S/c1-14(16-5-6-16)32-12-18-9-17(10-21(38(3,36)37)22(18)26(32)35)20-11-28-24-23(27)30-19(13-33(20)24)25(34)29-15(2)31-7-4-8-31/h9-11,13-16H,4-8,12H2,1-3H3,(H2,27,30)(H,29,34)/t14-,15?/m0/s1. The average Bonchev–Trinajstić information content (AvgIpc) is 3.49. The summed E-state index contributed by atoms with van der Waals surface area (Å²) in [6, 6.07) is 3.41. The van der Waals surface area contributed by atoms with Crippen molar-refractivity contribution < 1.29 is 18.0 Å². The second-order valence-electron chi connectivity index (χ2n) is 10.7. The third-order valence-corrected chi connectivity index (χ3v) is 9.14. The number of nitrogens with two attached hydrogens (primary N) is 1. The Morgan fingerprint density at radius 2 is 1.95 bits per heavy atom. The molecule has 0 bridgehead atoms. The van der Waals surface area contributed by atoms with E-state index in [1.165, 1.54) is 6.07 Å². The van der Waals surface area contributed by atoms with Crippen LogP contribution < -0.4 is 11.1 Å². The van der Waals surface area contributed by atoms with Crippen molar-refractivity contribution in [3.05, 3.63) is 41.3 Å². The van der Waals surface area contributed by atoms with Crippen LogP contribution in [0.3, 0.4) is 0 Å². The van der Waals surface area contributed by atoms with Crippen LogP contribution in [0.2, 0.25) is 0 Å². The Morgan fingerprint density at radius 3 is 2.58 bits per heavy atom. The molecule has 2 atom stereocenters. The minimum atomic E-state index is -3.71. The summed E-state index contributed by atoms with van der Waals surface area (Å²) in [4.78, 5) is 38.9. The van der Waals surface area contributed by atoms with Gasteiger partial charge in [-0.2, -0.15) is 0 Å². The van der Waals surface area contributed by atoms with Gasteiger partial charge in [0.1, 0.15) is 5.69 Å². The number of aromatic nitrogens is 3. The zero-order valence-electron chi connectivity index (χ0n) is 21.6. The molecule has 12 heteroatoms. The van der Waals surface area contributed by atoms with E-state index in [-0.39, 0.29) is 46.0 Å². The number of anilines is 1. The first-order chi connectivity index (χ1) is 18.0. The van der Waals surface area contributed by atoms with Crippen LogP contribution in [0.5, 0.6) is 0 Å². The van der Waals surface area contributed by atoms with Gasteiger partial charge < -0.3 is 16.0 Å². The zero-order chi connectivity index (χ0) is 26.9. The number of hydrogen-bond donors (Lipinski definition) is 2. The molecule has 1 unspecified atom stereocenters. The highest BCUT2D eigenvalue weighted by atomic mass is 32.2. The summed E-state index contributed by atoms with van der Waals surface area (Å²) in [6.45, 7) is 6.17. The zero-order valence-corrected chi connectivity index (χ0v) is 22.5. The van der Waals surface area contributed by atoms with Gasteiger partial charge in [0.15, 0.2) is 21.3 Å². The summed E-state index contributed by atoms with van der Waals surface area (Å²) in [5.74, 6) is -0.0615. The molecule has 3 aliphatic rings. The monoisotopic (exact) mass is 537 g/mol. The molecule has 1 saturated carbocycles. The van der Waals surface area contributed by atoms with Crippen molar-refractivity contribution in [1.29, 1.82) is 0 Å². The van der Waals surface area contributed by atoms with Crippen LogP contribution in [-0.2, 0) is 16.4 Å². The normalized spacial score (nSPS) is 19.3. The van der Waals surface area contributed by atoms with Crippen LogP contribution in [0.1, 0.15) is 59.5 Å². The number of carbonyl (C=O) groups excluding carboxylic acids is 2. The van der Waals surface area contributed by atoms with Gasteiger partial charge in [-0.05, 0) is 56.7 Å². The Bertz CT molecular complexity index is 1590. The molecule has 2 amide bonds. The quantitative estimate of drug-likeness (QED) is 0.465. The first-order valence-corrected chi connectivity index (χ1v) is 14.8. The predicted molar refractivity (Wildman–Crippen MR) is 141 cm³/mol. The number of fused-ring (bicyclic) bond motifs is 2. The molecule has 1 aromatic carbocycles. The van der Waals surface area contributed by atoms with Gasteiger partial charge in [0, 0.05) is 43.7 Å². The van der Waals surface area contributed by atoms with Crippen LogP contribution in [0.25, 0.3) is 16.9 Å². The minimum absolute atomic E-state index is 0.00110. The van der Waals surface area contributed by atoms with E-state index in [1.54, 1.807) is 21.7 Å². The topological polar surface area (TPSA) is 143 Å². The maximum Gasteiger partial charge on any atom is 0.272 e. The van der Waals surface area contributed by atoms with Gasteiger partial charge in [-0.15, -0.1) is 0 Å². The number of amides is 2. The molecular weight excluding hydrogens is 506 g/mol. The molecule has 0 spiro atoms. The van der Waals surface area contributed by atoms with Gasteiger partial charge >= 0.3 is 0 Å². The Balaban J connectivity index is 1.42. The number of rotatable bonds is 7. The summed E-state index contributed by atoms with van der Waals surface area (Å²) in [6.07, 6.45) is 7.38. The van der Waals surface area contributed by atoms with Crippen molar-refractivity contribution in [1.82, 2.24) is 29.5 Å². The maximum atomic E-state index is 13.3. The first kappa shape index (κ1) is 24.8. The lowest BCUT2D eigenvalue weighted by atomic mass is 10.0. The van der Waals surface area contributed by atoms with E-state index in [0.717, 1.165) is 38.6 Å². The molecule has 2 aliphatic heterocycles. The molecular formula is C26H31N7O4S. The van der Waals surface area contributed by atoms with E-state index in [2.05, 4.69) is 20.2 Å². The smallest absolute Gasteiger partial charge is 0.272 e.